The number of nitrogens with one attached hydrogen (secondary N) is 1. The van der Waals surface area contributed by atoms with E-state index in [2.05, 4.69) is 11.9 Å². The lowest BCUT2D eigenvalue weighted by atomic mass is 9.76. The number of hydrogen-bond donors (Lipinski definition) is 2. The lowest BCUT2D eigenvalue weighted by Crippen LogP contribution is -2.65. The van der Waals surface area contributed by atoms with Gasteiger partial charge in [-0.3, -0.25) is 4.90 Å². The number of benzene rings is 1. The van der Waals surface area contributed by atoms with Crippen molar-refractivity contribution in [2.75, 3.05) is 33.9 Å². The summed E-state index contributed by atoms with van der Waals surface area (Å²) in [6.07, 6.45) is 3.43. The predicted molar refractivity (Wildman–Crippen MR) is 107 cm³/mol. The molecular weight excluding hydrogens is 358 g/mol. The van der Waals surface area contributed by atoms with E-state index in [1.165, 1.54) is 0 Å². The van der Waals surface area contributed by atoms with Gasteiger partial charge in [-0.25, -0.2) is 4.79 Å². The van der Waals surface area contributed by atoms with Crippen molar-refractivity contribution in [3.8, 4) is 11.5 Å². The summed E-state index contributed by atoms with van der Waals surface area (Å²) in [5, 5.41) is 15.3. The summed E-state index contributed by atoms with van der Waals surface area (Å²) in [6, 6.07) is 5.38. The molecule has 0 radical (unpaired) electrons. The van der Waals surface area contributed by atoms with E-state index in [9.17, 15) is 9.90 Å². The molecule has 1 aromatic carbocycles. The Morgan fingerprint density at radius 3 is 2.29 bits per heavy atom. The van der Waals surface area contributed by atoms with Crippen LogP contribution in [0.4, 0.5) is 4.79 Å². The quantitative estimate of drug-likeness (QED) is 0.701. The summed E-state index contributed by atoms with van der Waals surface area (Å²) in [5.74, 6) is 1.30. The Labute approximate surface area is 166 Å². The molecule has 7 nitrogen and oxygen atoms in total. The number of rotatable bonds is 7. The third-order valence-corrected chi connectivity index (χ3v) is 6.10. The van der Waals surface area contributed by atoms with E-state index in [0.717, 1.165) is 18.7 Å². The molecule has 1 spiro atoms. The molecule has 0 aromatic heterocycles. The van der Waals surface area contributed by atoms with Crippen LogP contribution in [0.15, 0.2) is 30.9 Å². The van der Waals surface area contributed by atoms with E-state index in [1.54, 1.807) is 31.3 Å². The van der Waals surface area contributed by atoms with Crippen molar-refractivity contribution in [3.63, 3.8) is 0 Å². The predicted octanol–water partition coefficient (Wildman–Crippen LogP) is 2.35. The minimum atomic E-state index is -1.32. The molecule has 0 saturated carbocycles. The van der Waals surface area contributed by atoms with Crippen molar-refractivity contribution in [2.45, 2.75) is 44.0 Å². The van der Waals surface area contributed by atoms with Gasteiger partial charge >= 0.3 is 6.03 Å². The highest BCUT2D eigenvalue weighted by atomic mass is 16.5. The monoisotopic (exact) mass is 389 g/mol. The zero-order valence-electron chi connectivity index (χ0n) is 17.0. The number of likely N-dealkylation sites (N-methyl/N-ethyl adjacent to an activating group) is 1. The number of aliphatic hydroxyl groups is 1. The standard InChI is InChI=1S/C21H31N3O4/c1-5-7-21(26)20(8-10-22-11-9-20)23(6-2)19(25)24(21)15-16-12-17(27-3)14-18(13-16)28-4/h5,12-14,22,26H,1,6-11,15H2,2-4H3. The van der Waals surface area contributed by atoms with Crippen LogP contribution < -0.4 is 14.8 Å². The third kappa shape index (κ3) is 3.12. The van der Waals surface area contributed by atoms with Crippen molar-refractivity contribution >= 4 is 6.03 Å². The highest BCUT2D eigenvalue weighted by molar-refractivity contribution is 5.80. The molecule has 28 heavy (non-hydrogen) atoms. The molecule has 0 bridgehead atoms. The lowest BCUT2D eigenvalue weighted by Gasteiger charge is -2.49. The zero-order valence-corrected chi connectivity index (χ0v) is 17.0. The smallest absolute Gasteiger partial charge is 0.323 e. The van der Waals surface area contributed by atoms with Crippen LogP contribution in [0.3, 0.4) is 0 Å². The zero-order chi connectivity index (χ0) is 20.4. The summed E-state index contributed by atoms with van der Waals surface area (Å²) in [6.45, 7) is 8.17. The Morgan fingerprint density at radius 2 is 1.79 bits per heavy atom. The molecule has 1 unspecified atom stereocenters. The Kier molecular flexibility index (Phi) is 5.86. The number of carbonyl (C=O) groups excluding carboxylic acids is 1. The van der Waals surface area contributed by atoms with Gasteiger partial charge < -0.3 is 24.8 Å². The molecule has 154 valence electrons. The second-order valence-electron chi connectivity index (χ2n) is 7.42. The second-order valence-corrected chi connectivity index (χ2v) is 7.42. The summed E-state index contributed by atoms with van der Waals surface area (Å²) in [4.78, 5) is 16.8. The molecule has 2 aliphatic heterocycles. The van der Waals surface area contributed by atoms with Crippen molar-refractivity contribution in [1.82, 2.24) is 15.1 Å². The van der Waals surface area contributed by atoms with Gasteiger partial charge in [-0.05, 0) is 50.6 Å². The van der Waals surface area contributed by atoms with Crippen molar-refractivity contribution in [1.29, 1.82) is 0 Å². The highest BCUT2D eigenvalue weighted by Gasteiger charge is 2.65. The number of piperidine rings is 1. The largest absolute Gasteiger partial charge is 0.497 e. The molecule has 2 aliphatic rings. The number of hydrogen-bond acceptors (Lipinski definition) is 5. The van der Waals surface area contributed by atoms with Crippen molar-refractivity contribution in [3.05, 3.63) is 36.4 Å². The van der Waals surface area contributed by atoms with E-state index in [-0.39, 0.29) is 12.6 Å². The number of nitrogens with zero attached hydrogens (tertiary/aromatic N) is 2. The minimum Gasteiger partial charge on any atom is -0.497 e. The summed E-state index contributed by atoms with van der Waals surface area (Å²) >= 11 is 0. The summed E-state index contributed by atoms with van der Waals surface area (Å²) in [7, 11) is 3.19. The molecule has 1 atom stereocenters. The van der Waals surface area contributed by atoms with Crippen LogP contribution >= 0.6 is 0 Å². The molecule has 2 heterocycles. The van der Waals surface area contributed by atoms with Gasteiger partial charge in [0.15, 0.2) is 5.72 Å². The van der Waals surface area contributed by atoms with Gasteiger partial charge in [0.1, 0.15) is 11.5 Å². The Hall–Kier alpha value is -2.25. The number of amides is 2. The maximum atomic E-state index is 13.4. The molecule has 2 amide bonds. The Bertz CT molecular complexity index is 710. The first-order valence-electron chi connectivity index (χ1n) is 9.81. The van der Waals surface area contributed by atoms with Gasteiger partial charge in [0, 0.05) is 19.0 Å². The third-order valence-electron chi connectivity index (χ3n) is 6.10. The molecule has 2 saturated heterocycles. The van der Waals surface area contributed by atoms with Crippen LogP contribution in [-0.4, -0.2) is 66.1 Å². The molecule has 3 rings (SSSR count). The fourth-order valence-corrected chi connectivity index (χ4v) is 4.74. The van der Waals surface area contributed by atoms with Crippen LogP contribution in [0.1, 0.15) is 31.7 Å². The van der Waals surface area contributed by atoms with Crippen LogP contribution in [0.25, 0.3) is 0 Å². The molecule has 2 N–H and O–H groups in total. The summed E-state index contributed by atoms with van der Waals surface area (Å²) < 4.78 is 10.7. The maximum absolute atomic E-state index is 13.4. The average molecular weight is 389 g/mol. The molecular formula is C21H31N3O4. The van der Waals surface area contributed by atoms with Gasteiger partial charge in [-0.1, -0.05) is 6.08 Å². The number of urea groups is 1. The fourth-order valence-electron chi connectivity index (χ4n) is 4.74. The SMILES string of the molecule is C=CCC1(O)N(Cc2cc(OC)cc(OC)c2)C(=O)N(CC)C12CCNCC2. The fraction of sp³-hybridized carbons (Fsp3) is 0.571. The second kappa shape index (κ2) is 8.01. The van der Waals surface area contributed by atoms with E-state index in [1.807, 2.05) is 24.0 Å². The minimum absolute atomic E-state index is 0.143. The maximum Gasteiger partial charge on any atom is 0.323 e. The lowest BCUT2D eigenvalue weighted by molar-refractivity contribution is -0.142. The van der Waals surface area contributed by atoms with Gasteiger partial charge in [-0.15, -0.1) is 6.58 Å². The normalized spacial score (nSPS) is 23.9. The van der Waals surface area contributed by atoms with Crippen molar-refractivity contribution in [2.24, 2.45) is 0 Å². The average Bonchev–Trinajstić information content (AvgIpc) is 2.87. The number of carbonyl (C=O) groups is 1. The molecule has 7 heteroatoms. The Balaban J connectivity index is 2.03. The Morgan fingerprint density at radius 1 is 1.18 bits per heavy atom. The topological polar surface area (TPSA) is 74.3 Å². The van der Waals surface area contributed by atoms with E-state index in [4.69, 9.17) is 9.47 Å². The van der Waals surface area contributed by atoms with E-state index >= 15 is 0 Å². The van der Waals surface area contributed by atoms with Gasteiger partial charge in [0.25, 0.3) is 0 Å². The van der Waals surface area contributed by atoms with Gasteiger partial charge in [0.05, 0.1) is 26.3 Å². The van der Waals surface area contributed by atoms with E-state index in [0.29, 0.717) is 37.3 Å². The molecule has 0 aliphatic carbocycles. The van der Waals surface area contributed by atoms with E-state index < -0.39 is 11.3 Å². The van der Waals surface area contributed by atoms with Gasteiger partial charge in [-0.2, -0.15) is 0 Å². The first-order chi connectivity index (χ1) is 13.5. The highest BCUT2D eigenvalue weighted by Crippen LogP contribution is 2.48. The van der Waals surface area contributed by atoms with Crippen LogP contribution in [0.5, 0.6) is 11.5 Å². The first-order valence-corrected chi connectivity index (χ1v) is 9.81. The summed E-state index contributed by atoms with van der Waals surface area (Å²) in [5.41, 5.74) is -1.10. The van der Waals surface area contributed by atoms with Gasteiger partial charge in [0.2, 0.25) is 0 Å². The van der Waals surface area contributed by atoms with Crippen LogP contribution in [0.2, 0.25) is 0 Å². The first kappa shape index (κ1) is 20.5. The van der Waals surface area contributed by atoms with Crippen molar-refractivity contribution < 1.29 is 19.4 Å². The van der Waals surface area contributed by atoms with Crippen LogP contribution in [0, 0.1) is 0 Å². The van der Waals surface area contributed by atoms with Crippen LogP contribution in [-0.2, 0) is 6.54 Å². The number of ether oxygens (including phenoxy) is 2. The number of methoxy groups -OCH3 is 2. The molecule has 1 aromatic rings. The molecule has 2 fully saturated rings.